The Bertz CT molecular complexity index is 536. The average molecular weight is 345 g/mol. The molecule has 0 N–H and O–H groups in total. The van der Waals surface area contributed by atoms with Gasteiger partial charge in [0.25, 0.3) is 0 Å². The number of rotatable bonds is 8. The van der Waals surface area contributed by atoms with Crippen molar-refractivity contribution in [2.75, 3.05) is 7.11 Å². The number of allylic oxidation sites excluding steroid dienone is 2. The van der Waals surface area contributed by atoms with Crippen LogP contribution in [0.3, 0.4) is 0 Å². The molecular formula is C23H36O2. The Kier molecular flexibility index (Phi) is 7.56. The molecule has 0 aliphatic heterocycles. The maximum absolute atomic E-state index is 6.15. The van der Waals surface area contributed by atoms with Crippen molar-refractivity contribution in [3.05, 3.63) is 35.9 Å². The third-order valence-electron chi connectivity index (χ3n) is 5.89. The first-order valence-corrected chi connectivity index (χ1v) is 9.95. The molecule has 0 amide bonds. The summed E-state index contributed by atoms with van der Waals surface area (Å²) in [5.41, 5.74) is 2.89. The summed E-state index contributed by atoms with van der Waals surface area (Å²) in [5, 5.41) is 0. The molecule has 140 valence electrons. The van der Waals surface area contributed by atoms with Gasteiger partial charge in [-0.2, -0.15) is 0 Å². The van der Waals surface area contributed by atoms with Crippen LogP contribution in [0.15, 0.2) is 30.3 Å². The molecule has 0 spiro atoms. The molecule has 2 rings (SSSR count). The molecule has 1 fully saturated rings. The zero-order valence-corrected chi connectivity index (χ0v) is 16.8. The van der Waals surface area contributed by atoms with Gasteiger partial charge in [0.05, 0.1) is 0 Å². The molecule has 1 unspecified atom stereocenters. The summed E-state index contributed by atoms with van der Waals surface area (Å²) in [7, 11) is 1.75. The van der Waals surface area contributed by atoms with Gasteiger partial charge in [-0.25, -0.2) is 0 Å². The predicted molar refractivity (Wildman–Crippen MR) is 107 cm³/mol. The van der Waals surface area contributed by atoms with E-state index in [-0.39, 0.29) is 11.7 Å². The van der Waals surface area contributed by atoms with E-state index >= 15 is 0 Å². The smallest absolute Gasteiger partial charge is 0.200 e. The molecule has 1 aromatic rings. The van der Waals surface area contributed by atoms with Gasteiger partial charge in [0.1, 0.15) is 5.75 Å². The molecule has 2 nitrogen and oxygen atoms in total. The Morgan fingerprint density at radius 2 is 1.80 bits per heavy atom. The summed E-state index contributed by atoms with van der Waals surface area (Å²) in [4.78, 5) is 0. The number of benzene rings is 1. The van der Waals surface area contributed by atoms with Crippen LogP contribution >= 0.6 is 0 Å². The zero-order chi connectivity index (χ0) is 18.3. The molecule has 0 saturated heterocycles. The minimum atomic E-state index is -0.185. The third-order valence-corrected chi connectivity index (χ3v) is 5.89. The van der Waals surface area contributed by atoms with Gasteiger partial charge in [-0.05, 0) is 60.8 Å². The Morgan fingerprint density at radius 1 is 1.16 bits per heavy atom. The molecule has 0 radical (unpaired) electrons. The van der Waals surface area contributed by atoms with E-state index in [4.69, 9.17) is 9.47 Å². The molecule has 1 aromatic carbocycles. The minimum absolute atomic E-state index is 0.185. The lowest BCUT2D eigenvalue weighted by Crippen LogP contribution is -2.33. The van der Waals surface area contributed by atoms with Gasteiger partial charge in [0, 0.05) is 13.5 Å². The van der Waals surface area contributed by atoms with Gasteiger partial charge in [-0.3, -0.25) is 0 Å². The van der Waals surface area contributed by atoms with Crippen molar-refractivity contribution < 1.29 is 9.47 Å². The topological polar surface area (TPSA) is 18.5 Å². The largest absolute Gasteiger partial charge is 0.465 e. The second-order valence-corrected chi connectivity index (χ2v) is 8.00. The van der Waals surface area contributed by atoms with E-state index in [0.717, 1.165) is 24.5 Å². The van der Waals surface area contributed by atoms with Gasteiger partial charge >= 0.3 is 0 Å². The second kappa shape index (κ2) is 9.43. The van der Waals surface area contributed by atoms with Crippen molar-refractivity contribution >= 4 is 5.57 Å². The van der Waals surface area contributed by atoms with E-state index in [9.17, 15) is 0 Å². The Balaban J connectivity index is 1.99. The van der Waals surface area contributed by atoms with E-state index in [1.165, 1.54) is 43.2 Å². The monoisotopic (exact) mass is 344 g/mol. The van der Waals surface area contributed by atoms with Crippen molar-refractivity contribution in [3.63, 3.8) is 0 Å². The number of methoxy groups -OCH3 is 1. The molecule has 1 aliphatic rings. The molecule has 0 aromatic heterocycles. The van der Waals surface area contributed by atoms with E-state index in [0.29, 0.717) is 0 Å². The summed E-state index contributed by atoms with van der Waals surface area (Å²) in [6, 6.07) is 8.42. The summed E-state index contributed by atoms with van der Waals surface area (Å²) in [5.74, 6) is 1.67. The number of hydrogen-bond acceptors (Lipinski definition) is 2. The van der Waals surface area contributed by atoms with Crippen LogP contribution in [0.4, 0.5) is 0 Å². The van der Waals surface area contributed by atoms with Crippen LogP contribution in [-0.2, 0) is 4.74 Å². The summed E-state index contributed by atoms with van der Waals surface area (Å²) in [6.07, 6.45) is 10.8. The van der Waals surface area contributed by atoms with Gasteiger partial charge < -0.3 is 9.47 Å². The first-order chi connectivity index (χ1) is 12.0. The Hall–Kier alpha value is -1.28. The van der Waals surface area contributed by atoms with Gasteiger partial charge in [-0.15, -0.1) is 0 Å². The third kappa shape index (κ3) is 5.60. The van der Waals surface area contributed by atoms with Crippen LogP contribution in [0.2, 0.25) is 0 Å². The maximum Gasteiger partial charge on any atom is 0.200 e. The fourth-order valence-corrected chi connectivity index (χ4v) is 4.13. The lowest BCUT2D eigenvalue weighted by Gasteiger charge is -2.38. The van der Waals surface area contributed by atoms with E-state index in [2.05, 4.69) is 58.0 Å². The number of ether oxygens (including phenoxy) is 2. The fourth-order valence-electron chi connectivity index (χ4n) is 4.13. The molecule has 1 atom stereocenters. The minimum Gasteiger partial charge on any atom is -0.465 e. The van der Waals surface area contributed by atoms with Crippen LogP contribution in [0.25, 0.3) is 5.57 Å². The zero-order valence-electron chi connectivity index (χ0n) is 16.8. The lowest BCUT2D eigenvalue weighted by atomic mass is 9.69. The van der Waals surface area contributed by atoms with Crippen molar-refractivity contribution in [2.24, 2.45) is 11.3 Å². The van der Waals surface area contributed by atoms with E-state index in [1.807, 2.05) is 0 Å². The predicted octanol–water partition coefficient (Wildman–Crippen LogP) is 6.85. The highest BCUT2D eigenvalue weighted by Crippen LogP contribution is 2.41. The molecule has 2 heteroatoms. The van der Waals surface area contributed by atoms with Crippen LogP contribution in [0.5, 0.6) is 5.75 Å². The van der Waals surface area contributed by atoms with Gasteiger partial charge in [0.15, 0.2) is 6.29 Å². The Morgan fingerprint density at radius 3 is 2.32 bits per heavy atom. The normalized spacial score (nSPS) is 18.2. The molecule has 0 heterocycles. The SMILES string of the molecule is CC=C(CC)c1ccc(OC(CC(C)(C)C2CCCCC2)OC)cc1. The highest BCUT2D eigenvalue weighted by atomic mass is 16.7. The van der Waals surface area contributed by atoms with E-state index in [1.54, 1.807) is 7.11 Å². The van der Waals surface area contributed by atoms with E-state index < -0.39 is 0 Å². The van der Waals surface area contributed by atoms with Crippen LogP contribution in [-0.4, -0.2) is 13.4 Å². The lowest BCUT2D eigenvalue weighted by molar-refractivity contribution is -0.0883. The highest BCUT2D eigenvalue weighted by molar-refractivity contribution is 5.65. The number of hydrogen-bond donors (Lipinski definition) is 0. The van der Waals surface area contributed by atoms with Crippen LogP contribution < -0.4 is 4.74 Å². The first-order valence-electron chi connectivity index (χ1n) is 9.95. The van der Waals surface area contributed by atoms with Gasteiger partial charge in [0.2, 0.25) is 0 Å². The van der Waals surface area contributed by atoms with Crippen molar-refractivity contribution in [3.8, 4) is 5.75 Å². The standard InChI is InChI=1S/C23H36O2/c1-6-18(7-2)19-13-15-21(16-14-19)25-22(24-5)17-23(3,4)20-11-9-8-10-12-20/h6,13-16,20,22H,7-12,17H2,1-5H3. The quantitative estimate of drug-likeness (QED) is 0.480. The maximum atomic E-state index is 6.15. The summed E-state index contributed by atoms with van der Waals surface area (Å²) < 4.78 is 11.8. The molecule has 1 saturated carbocycles. The molecule has 25 heavy (non-hydrogen) atoms. The molecular weight excluding hydrogens is 308 g/mol. The van der Waals surface area contributed by atoms with Crippen molar-refractivity contribution in [1.29, 1.82) is 0 Å². The van der Waals surface area contributed by atoms with Crippen LogP contribution in [0, 0.1) is 11.3 Å². The van der Waals surface area contributed by atoms with Crippen molar-refractivity contribution in [1.82, 2.24) is 0 Å². The average Bonchev–Trinajstić information content (AvgIpc) is 2.64. The molecule has 1 aliphatic carbocycles. The summed E-state index contributed by atoms with van der Waals surface area (Å²) >= 11 is 0. The Labute approximate surface area is 154 Å². The van der Waals surface area contributed by atoms with Gasteiger partial charge in [-0.1, -0.05) is 58.2 Å². The highest BCUT2D eigenvalue weighted by Gasteiger charge is 2.33. The fraction of sp³-hybridized carbons (Fsp3) is 0.652. The first kappa shape index (κ1) is 20.0. The van der Waals surface area contributed by atoms with Crippen molar-refractivity contribution in [2.45, 2.75) is 78.9 Å². The molecule has 0 bridgehead atoms. The summed E-state index contributed by atoms with van der Waals surface area (Å²) in [6.45, 7) is 9.04. The van der Waals surface area contributed by atoms with Crippen LogP contribution in [0.1, 0.15) is 78.2 Å². The second-order valence-electron chi connectivity index (χ2n) is 8.00.